The Balaban J connectivity index is 2.71. The largest absolute Gasteiger partial charge is 0.352 e. The fraction of sp³-hybridized carbons (Fsp3) is 0.429. The van der Waals surface area contributed by atoms with Crippen LogP contribution in [0.2, 0.25) is 0 Å². The second-order valence-corrected chi connectivity index (χ2v) is 4.58. The second kappa shape index (κ2) is 7.68. The molecule has 0 heterocycles. The van der Waals surface area contributed by atoms with Crippen LogP contribution in [-0.2, 0) is 0 Å². The van der Waals surface area contributed by atoms with E-state index in [1.54, 1.807) is 6.07 Å². The lowest BCUT2D eigenvalue weighted by molar-refractivity contribution is 0.0118. The molecule has 0 bridgehead atoms. The van der Waals surface area contributed by atoms with Gasteiger partial charge in [0.05, 0.1) is 13.1 Å². The summed E-state index contributed by atoms with van der Waals surface area (Å²) in [7, 11) is 0. The predicted octanol–water partition coefficient (Wildman–Crippen LogP) is 1.15. The topological polar surface area (TPSA) is 84.2 Å². The molecule has 0 atom stereocenters. The minimum atomic E-state index is -3.15. The van der Waals surface area contributed by atoms with Crippen LogP contribution >= 0.6 is 0 Å². The Morgan fingerprint density at radius 1 is 1.19 bits per heavy atom. The number of nitrogens with two attached hydrogens (primary N) is 1. The number of carbonyl (C=O) groups excluding carboxylic acids is 2. The minimum absolute atomic E-state index is 0.145. The number of rotatable bonds is 7. The summed E-state index contributed by atoms with van der Waals surface area (Å²) in [5.41, 5.74) is 5.34. The van der Waals surface area contributed by atoms with Crippen molar-refractivity contribution in [3.8, 4) is 0 Å². The van der Waals surface area contributed by atoms with Gasteiger partial charge in [0.2, 0.25) is 0 Å². The number of hydrogen-bond acceptors (Lipinski definition) is 3. The third-order valence-corrected chi connectivity index (χ3v) is 2.73. The van der Waals surface area contributed by atoms with Crippen LogP contribution in [0.25, 0.3) is 0 Å². The van der Waals surface area contributed by atoms with Crippen molar-refractivity contribution in [1.82, 2.24) is 10.6 Å². The quantitative estimate of drug-likeness (QED) is 0.706. The average molecular weight is 299 g/mol. The van der Waals surface area contributed by atoms with Crippen molar-refractivity contribution in [2.24, 2.45) is 5.73 Å². The standard InChI is InChI=1S/C14H19F2N3O2/c1-2-6-18-12(20)10-4-3-5-11(7-10)13(21)19-9-14(15,16)8-17/h3-5,7H,2,6,8-9,17H2,1H3,(H,18,20)(H,19,21). The molecule has 5 nitrogen and oxygen atoms in total. The van der Waals surface area contributed by atoms with Crippen molar-refractivity contribution < 1.29 is 18.4 Å². The van der Waals surface area contributed by atoms with Crippen LogP contribution in [0.3, 0.4) is 0 Å². The molecule has 0 saturated heterocycles. The van der Waals surface area contributed by atoms with E-state index in [1.807, 2.05) is 6.92 Å². The molecule has 0 radical (unpaired) electrons. The molecule has 7 heteroatoms. The number of hydrogen-bond donors (Lipinski definition) is 3. The van der Waals surface area contributed by atoms with E-state index in [1.165, 1.54) is 18.2 Å². The lowest BCUT2D eigenvalue weighted by Crippen LogP contribution is -2.41. The van der Waals surface area contributed by atoms with E-state index in [0.717, 1.165) is 6.42 Å². The van der Waals surface area contributed by atoms with Crippen LogP contribution in [-0.4, -0.2) is 37.4 Å². The van der Waals surface area contributed by atoms with Gasteiger partial charge in [0.15, 0.2) is 0 Å². The molecule has 0 aliphatic heterocycles. The Kier molecular flexibility index (Phi) is 6.23. The van der Waals surface area contributed by atoms with Crippen LogP contribution in [0.4, 0.5) is 8.78 Å². The fourth-order valence-corrected chi connectivity index (χ4v) is 1.53. The highest BCUT2D eigenvalue weighted by Gasteiger charge is 2.27. The Morgan fingerprint density at radius 2 is 1.76 bits per heavy atom. The zero-order valence-corrected chi connectivity index (χ0v) is 11.8. The van der Waals surface area contributed by atoms with Crippen LogP contribution in [0.5, 0.6) is 0 Å². The molecule has 1 aromatic rings. The first-order valence-corrected chi connectivity index (χ1v) is 6.64. The third kappa shape index (κ3) is 5.47. The molecule has 0 spiro atoms. The van der Waals surface area contributed by atoms with E-state index in [4.69, 9.17) is 5.73 Å². The van der Waals surface area contributed by atoms with Gasteiger partial charge >= 0.3 is 0 Å². The van der Waals surface area contributed by atoms with Gasteiger partial charge in [-0.15, -0.1) is 0 Å². The van der Waals surface area contributed by atoms with E-state index in [0.29, 0.717) is 12.1 Å². The molecule has 0 fully saturated rings. The summed E-state index contributed by atoms with van der Waals surface area (Å²) in [6.45, 7) is 0.765. The zero-order valence-electron chi connectivity index (χ0n) is 11.8. The SMILES string of the molecule is CCCNC(=O)c1cccc(C(=O)NCC(F)(F)CN)c1. The third-order valence-electron chi connectivity index (χ3n) is 2.73. The van der Waals surface area contributed by atoms with Gasteiger partial charge in [-0.05, 0) is 24.6 Å². The van der Waals surface area contributed by atoms with Gasteiger partial charge < -0.3 is 16.4 Å². The highest BCUT2D eigenvalue weighted by Crippen LogP contribution is 2.10. The predicted molar refractivity (Wildman–Crippen MR) is 75.4 cm³/mol. The summed E-state index contributed by atoms with van der Waals surface area (Å²) >= 11 is 0. The first-order valence-electron chi connectivity index (χ1n) is 6.64. The minimum Gasteiger partial charge on any atom is -0.352 e. The molecule has 1 aromatic carbocycles. The van der Waals surface area contributed by atoms with Gasteiger partial charge in [-0.1, -0.05) is 13.0 Å². The second-order valence-electron chi connectivity index (χ2n) is 4.58. The molecule has 0 unspecified atom stereocenters. The maximum Gasteiger partial charge on any atom is 0.277 e. The van der Waals surface area contributed by atoms with E-state index in [-0.39, 0.29) is 11.5 Å². The molecular formula is C14H19F2N3O2. The molecule has 2 amide bonds. The lowest BCUT2D eigenvalue weighted by Gasteiger charge is -2.14. The zero-order chi connectivity index (χ0) is 15.9. The average Bonchev–Trinajstić information content (AvgIpc) is 2.50. The van der Waals surface area contributed by atoms with E-state index < -0.39 is 24.9 Å². The van der Waals surface area contributed by atoms with E-state index in [9.17, 15) is 18.4 Å². The summed E-state index contributed by atoms with van der Waals surface area (Å²) in [6.07, 6.45) is 0.792. The summed E-state index contributed by atoms with van der Waals surface area (Å²) in [5.74, 6) is -4.13. The molecule has 0 saturated carbocycles. The van der Waals surface area contributed by atoms with Crippen LogP contribution in [0.1, 0.15) is 34.1 Å². The molecule has 21 heavy (non-hydrogen) atoms. The summed E-state index contributed by atoms with van der Waals surface area (Å²) in [6, 6.07) is 5.89. The summed E-state index contributed by atoms with van der Waals surface area (Å²) in [5, 5.41) is 4.77. The number of alkyl halides is 2. The molecular weight excluding hydrogens is 280 g/mol. The van der Waals surface area contributed by atoms with Gasteiger partial charge in [0.1, 0.15) is 0 Å². The van der Waals surface area contributed by atoms with Crippen molar-refractivity contribution in [2.75, 3.05) is 19.6 Å². The Labute approximate surface area is 121 Å². The number of amides is 2. The van der Waals surface area contributed by atoms with Gasteiger partial charge in [-0.25, -0.2) is 8.78 Å². The van der Waals surface area contributed by atoms with Crippen molar-refractivity contribution in [1.29, 1.82) is 0 Å². The number of benzene rings is 1. The summed E-state index contributed by atoms with van der Waals surface area (Å²) < 4.78 is 25.9. The van der Waals surface area contributed by atoms with Crippen LogP contribution < -0.4 is 16.4 Å². The van der Waals surface area contributed by atoms with Gasteiger partial charge in [-0.2, -0.15) is 0 Å². The molecule has 0 aliphatic rings. The molecule has 1 rings (SSSR count). The molecule has 0 aliphatic carbocycles. The van der Waals surface area contributed by atoms with Crippen molar-refractivity contribution in [3.63, 3.8) is 0 Å². The Hall–Kier alpha value is -2.02. The summed E-state index contributed by atoms with van der Waals surface area (Å²) in [4.78, 5) is 23.5. The maximum atomic E-state index is 13.0. The maximum absolute atomic E-state index is 13.0. The van der Waals surface area contributed by atoms with Gasteiger partial charge in [0, 0.05) is 17.7 Å². The van der Waals surface area contributed by atoms with E-state index in [2.05, 4.69) is 10.6 Å². The van der Waals surface area contributed by atoms with Gasteiger partial charge in [0.25, 0.3) is 17.7 Å². The molecule has 4 N–H and O–H groups in total. The van der Waals surface area contributed by atoms with Crippen molar-refractivity contribution >= 4 is 11.8 Å². The normalized spacial score (nSPS) is 11.0. The highest BCUT2D eigenvalue weighted by molar-refractivity contribution is 5.99. The Bertz CT molecular complexity index is 507. The van der Waals surface area contributed by atoms with E-state index >= 15 is 0 Å². The highest BCUT2D eigenvalue weighted by atomic mass is 19.3. The van der Waals surface area contributed by atoms with Crippen molar-refractivity contribution in [2.45, 2.75) is 19.3 Å². The number of carbonyl (C=O) groups is 2. The molecule has 0 aromatic heterocycles. The van der Waals surface area contributed by atoms with Crippen molar-refractivity contribution in [3.05, 3.63) is 35.4 Å². The first kappa shape index (κ1) is 17.0. The number of halogens is 2. The first-order chi connectivity index (χ1) is 9.89. The van der Waals surface area contributed by atoms with Crippen LogP contribution in [0.15, 0.2) is 24.3 Å². The fourth-order valence-electron chi connectivity index (χ4n) is 1.53. The smallest absolute Gasteiger partial charge is 0.277 e. The number of nitrogens with one attached hydrogen (secondary N) is 2. The molecule has 116 valence electrons. The monoisotopic (exact) mass is 299 g/mol. The van der Waals surface area contributed by atoms with Gasteiger partial charge in [-0.3, -0.25) is 9.59 Å². The Morgan fingerprint density at radius 3 is 2.29 bits per heavy atom. The lowest BCUT2D eigenvalue weighted by atomic mass is 10.1. The van der Waals surface area contributed by atoms with Crippen LogP contribution in [0, 0.1) is 0 Å².